The van der Waals surface area contributed by atoms with Crippen LogP contribution in [0.15, 0.2) is 30.3 Å². The van der Waals surface area contributed by atoms with Crippen LogP contribution in [0.2, 0.25) is 18.1 Å². The van der Waals surface area contributed by atoms with E-state index in [0.717, 1.165) is 36.8 Å². The summed E-state index contributed by atoms with van der Waals surface area (Å²) in [7, 11) is -2.07. The van der Waals surface area contributed by atoms with Gasteiger partial charge in [-0.15, -0.1) is 0 Å². The summed E-state index contributed by atoms with van der Waals surface area (Å²) >= 11 is 0. The van der Waals surface area contributed by atoms with Gasteiger partial charge in [-0.25, -0.2) is 0 Å². The van der Waals surface area contributed by atoms with Crippen molar-refractivity contribution in [1.82, 2.24) is 4.98 Å². The molecule has 3 nitrogen and oxygen atoms in total. The van der Waals surface area contributed by atoms with Crippen LogP contribution in [0, 0.1) is 5.41 Å². The number of aliphatic hydroxyl groups is 1. The molecule has 0 spiro atoms. The van der Waals surface area contributed by atoms with Crippen molar-refractivity contribution in [3.05, 3.63) is 69.5 Å². The number of benzene rings is 1. The van der Waals surface area contributed by atoms with Gasteiger partial charge in [0.25, 0.3) is 0 Å². The molecule has 0 aliphatic heterocycles. The average molecular weight is 588 g/mol. The van der Waals surface area contributed by atoms with E-state index >= 15 is 0 Å². The van der Waals surface area contributed by atoms with Crippen LogP contribution >= 0.6 is 0 Å². The topological polar surface area (TPSA) is 42.4 Å². The van der Waals surface area contributed by atoms with Gasteiger partial charge in [0.2, 0.25) is 0 Å². The molecule has 1 unspecified atom stereocenters. The van der Waals surface area contributed by atoms with Crippen molar-refractivity contribution in [3.8, 4) is 0 Å². The van der Waals surface area contributed by atoms with Crippen molar-refractivity contribution in [2.45, 2.75) is 155 Å². The van der Waals surface area contributed by atoms with E-state index in [9.17, 15) is 5.11 Å². The number of pyridine rings is 1. The van der Waals surface area contributed by atoms with Crippen molar-refractivity contribution in [1.29, 1.82) is 0 Å². The van der Waals surface area contributed by atoms with Crippen LogP contribution in [0.1, 0.15) is 164 Å². The Morgan fingerprint density at radius 2 is 1.71 bits per heavy atom. The van der Waals surface area contributed by atoms with Crippen LogP contribution in [0.3, 0.4) is 0 Å². The van der Waals surface area contributed by atoms with E-state index in [1.807, 2.05) is 0 Å². The standard InChI is InChI=1S/C38H57NO2Si/c1-36(2,3)28-21-15-20-27(22-28)35(40)33-31(25-16-11-12-17-25)32-29(39-34(33)26-18-13-14-19-26)23-38(7,8)24-30(32)41-42(9,10)37(4,5)6/h15-16,20-22,26,30,35,40H,11-14,17-19,23-24H2,1-10H3/t30?,35-/m1/s1. The summed E-state index contributed by atoms with van der Waals surface area (Å²) in [6.45, 7) is 23.3. The highest BCUT2D eigenvalue weighted by Crippen LogP contribution is 2.53. The second-order valence-electron chi connectivity index (χ2n) is 16.9. The number of aromatic nitrogens is 1. The minimum absolute atomic E-state index is 0.00173. The number of rotatable bonds is 6. The first-order chi connectivity index (χ1) is 19.5. The molecule has 3 aliphatic carbocycles. The zero-order chi connectivity index (χ0) is 30.7. The molecular formula is C38H57NO2Si. The molecule has 0 bridgehead atoms. The van der Waals surface area contributed by atoms with Crippen LogP contribution in [-0.4, -0.2) is 18.4 Å². The molecule has 1 fully saturated rings. The number of allylic oxidation sites excluding steroid dienone is 2. The van der Waals surface area contributed by atoms with Crippen molar-refractivity contribution >= 4 is 13.9 Å². The average Bonchev–Trinajstić information content (AvgIpc) is 3.60. The molecular weight excluding hydrogens is 531 g/mol. The summed E-state index contributed by atoms with van der Waals surface area (Å²) < 4.78 is 7.37. The fourth-order valence-electron chi connectivity index (χ4n) is 7.30. The highest BCUT2D eigenvalue weighted by Gasteiger charge is 2.45. The molecule has 230 valence electrons. The van der Waals surface area contributed by atoms with Gasteiger partial charge in [-0.05, 0) is 96.2 Å². The summed E-state index contributed by atoms with van der Waals surface area (Å²) in [6.07, 6.45) is 11.9. The third kappa shape index (κ3) is 6.24. The molecule has 5 rings (SSSR count). The number of hydrogen-bond acceptors (Lipinski definition) is 3. The van der Waals surface area contributed by atoms with Crippen LogP contribution in [0.25, 0.3) is 5.57 Å². The van der Waals surface area contributed by atoms with Gasteiger partial charge in [-0.3, -0.25) is 4.98 Å². The molecule has 1 heterocycles. The summed E-state index contributed by atoms with van der Waals surface area (Å²) in [6, 6.07) is 8.69. The monoisotopic (exact) mass is 587 g/mol. The Hall–Kier alpha value is -1.75. The molecule has 1 saturated carbocycles. The Bertz CT molecular complexity index is 1330. The molecule has 2 aromatic rings. The first kappa shape index (κ1) is 31.7. The molecule has 0 saturated heterocycles. The summed E-state index contributed by atoms with van der Waals surface area (Å²) in [5.74, 6) is 0.413. The zero-order valence-electron chi connectivity index (χ0n) is 28.3. The second-order valence-corrected chi connectivity index (χ2v) is 21.7. The van der Waals surface area contributed by atoms with Crippen molar-refractivity contribution in [3.63, 3.8) is 0 Å². The van der Waals surface area contributed by atoms with Gasteiger partial charge in [0.15, 0.2) is 8.32 Å². The van der Waals surface area contributed by atoms with Gasteiger partial charge in [-0.1, -0.05) is 98.6 Å². The second kappa shape index (κ2) is 11.3. The van der Waals surface area contributed by atoms with Crippen molar-refractivity contribution < 1.29 is 9.53 Å². The van der Waals surface area contributed by atoms with Crippen molar-refractivity contribution in [2.24, 2.45) is 5.41 Å². The Balaban J connectivity index is 1.79. The number of aliphatic hydroxyl groups excluding tert-OH is 1. The minimum atomic E-state index is -2.07. The van der Waals surface area contributed by atoms with Gasteiger partial charge < -0.3 is 9.53 Å². The Morgan fingerprint density at radius 3 is 2.31 bits per heavy atom. The molecule has 1 aromatic carbocycles. The predicted octanol–water partition coefficient (Wildman–Crippen LogP) is 10.7. The van der Waals surface area contributed by atoms with Gasteiger partial charge in [0.1, 0.15) is 6.10 Å². The van der Waals surface area contributed by atoms with E-state index in [1.165, 1.54) is 65.8 Å². The third-order valence-electron chi connectivity index (χ3n) is 10.8. The van der Waals surface area contributed by atoms with E-state index in [4.69, 9.17) is 9.41 Å². The quantitative estimate of drug-likeness (QED) is 0.342. The van der Waals surface area contributed by atoms with Crippen molar-refractivity contribution in [2.75, 3.05) is 0 Å². The summed E-state index contributed by atoms with van der Waals surface area (Å²) in [5, 5.41) is 12.6. The van der Waals surface area contributed by atoms with Gasteiger partial charge in [0, 0.05) is 22.7 Å². The largest absolute Gasteiger partial charge is 0.410 e. The molecule has 3 aliphatic rings. The summed E-state index contributed by atoms with van der Waals surface area (Å²) in [5.41, 5.74) is 9.88. The fourth-order valence-corrected chi connectivity index (χ4v) is 8.57. The Kier molecular flexibility index (Phi) is 8.53. The maximum absolute atomic E-state index is 12.5. The van der Waals surface area contributed by atoms with Gasteiger partial charge in [0.05, 0.1) is 11.8 Å². The predicted molar refractivity (Wildman–Crippen MR) is 180 cm³/mol. The maximum atomic E-state index is 12.5. The fraction of sp³-hybridized carbons (Fsp3) is 0.658. The van der Waals surface area contributed by atoms with Gasteiger partial charge >= 0.3 is 0 Å². The van der Waals surface area contributed by atoms with E-state index in [1.54, 1.807) is 0 Å². The molecule has 1 aromatic heterocycles. The van der Waals surface area contributed by atoms with Crippen LogP contribution in [-0.2, 0) is 16.3 Å². The van der Waals surface area contributed by atoms with Gasteiger partial charge in [-0.2, -0.15) is 0 Å². The van der Waals surface area contributed by atoms with E-state index in [2.05, 4.69) is 98.8 Å². The van der Waals surface area contributed by atoms with Crippen LogP contribution < -0.4 is 0 Å². The first-order valence-electron chi connectivity index (χ1n) is 16.7. The lowest BCUT2D eigenvalue weighted by molar-refractivity contribution is 0.105. The number of hydrogen-bond donors (Lipinski definition) is 1. The van der Waals surface area contributed by atoms with Crippen LogP contribution in [0.5, 0.6) is 0 Å². The zero-order valence-corrected chi connectivity index (χ0v) is 29.3. The Labute approximate surface area is 257 Å². The molecule has 0 amide bonds. The first-order valence-corrected chi connectivity index (χ1v) is 19.6. The number of fused-ring (bicyclic) bond motifs is 1. The molecule has 1 N–H and O–H groups in total. The molecule has 42 heavy (non-hydrogen) atoms. The van der Waals surface area contributed by atoms with E-state index in [-0.39, 0.29) is 22.0 Å². The molecule has 4 heteroatoms. The minimum Gasteiger partial charge on any atom is -0.410 e. The normalized spacial score (nSPS) is 22.3. The SMILES string of the molecule is CC1(C)Cc2nc(C3CCCC3)c([C@H](O)c3cccc(C(C)(C)C)c3)c(C3=CCCC3)c2C(O[Si](C)(C)C(C)(C)C)C1. The number of nitrogens with zero attached hydrogens (tertiary/aromatic N) is 1. The molecule has 0 radical (unpaired) electrons. The highest BCUT2D eigenvalue weighted by atomic mass is 28.4. The molecule has 2 atom stereocenters. The van der Waals surface area contributed by atoms with Crippen LogP contribution in [0.4, 0.5) is 0 Å². The lowest BCUT2D eigenvalue weighted by atomic mass is 9.71. The highest BCUT2D eigenvalue weighted by molar-refractivity contribution is 6.74. The maximum Gasteiger partial charge on any atom is 0.192 e. The summed E-state index contributed by atoms with van der Waals surface area (Å²) in [4.78, 5) is 5.63. The van der Waals surface area contributed by atoms with E-state index in [0.29, 0.717) is 5.92 Å². The Morgan fingerprint density at radius 1 is 1.02 bits per heavy atom. The lowest BCUT2D eigenvalue weighted by Crippen LogP contribution is -2.44. The lowest BCUT2D eigenvalue weighted by Gasteiger charge is -2.45. The van der Waals surface area contributed by atoms with E-state index < -0.39 is 14.4 Å². The smallest absolute Gasteiger partial charge is 0.192 e. The third-order valence-corrected chi connectivity index (χ3v) is 15.3.